The van der Waals surface area contributed by atoms with Gasteiger partial charge in [0.05, 0.1) is 39.2 Å². The molecule has 0 spiro atoms. The van der Waals surface area contributed by atoms with E-state index < -0.39 is 28.6 Å². The highest BCUT2D eigenvalue weighted by Gasteiger charge is 2.35. The number of benzene rings is 3. The molecule has 1 aliphatic rings. The van der Waals surface area contributed by atoms with Crippen LogP contribution in [0.15, 0.2) is 96.1 Å². The van der Waals surface area contributed by atoms with Crippen LogP contribution in [-0.2, 0) is 4.74 Å². The van der Waals surface area contributed by atoms with Gasteiger partial charge < -0.3 is 34.9 Å². The smallest absolute Gasteiger partial charge is 0.280 e. The van der Waals surface area contributed by atoms with Crippen molar-refractivity contribution < 1.29 is 24.3 Å². The van der Waals surface area contributed by atoms with Crippen LogP contribution in [0.4, 0.5) is 5.95 Å². The number of ether oxygens (including phenoxy) is 2. The molecule has 6 rings (SSSR count). The average Bonchev–Trinajstić information content (AvgIpc) is 3.67. The Bertz CT molecular complexity index is 1920. The number of hydrogen-bond acceptors (Lipinski definition) is 9. The van der Waals surface area contributed by atoms with Gasteiger partial charge in [-0.3, -0.25) is 14.3 Å². The van der Waals surface area contributed by atoms with Gasteiger partial charge in [-0.15, -0.1) is 0 Å². The normalized spacial score (nSPS) is 19.2. The molecule has 5 aromatic rings. The number of nitrogens with zero attached hydrogens (tertiary/aromatic N) is 4. The van der Waals surface area contributed by atoms with Crippen molar-refractivity contribution in [2.45, 2.75) is 37.8 Å². The molecule has 0 bridgehead atoms. The standard InChI is InChI=1S/C36H40N6O6/c1-23(38-36-39-34-33(35(45)40-36)37-22-41(34)30-20-28(44)29(21-43)48-30)31(24-10-6-4-7-11-24)32(25-12-8-5-9-13-25)26-14-16-27(17-15-26)47-19-18-42(2,3)46/h4-17,22-23,28-30,43-44H,18-21H2,1-3H3,(H2,38,39,40,45)/b32-31+/t23?,28-,29+,30+/m0/s1. The van der Waals surface area contributed by atoms with E-state index in [0.29, 0.717) is 24.5 Å². The zero-order valence-electron chi connectivity index (χ0n) is 27.1. The van der Waals surface area contributed by atoms with E-state index in [2.05, 4.69) is 27.4 Å². The van der Waals surface area contributed by atoms with Crippen molar-refractivity contribution in [3.05, 3.63) is 124 Å². The van der Waals surface area contributed by atoms with Gasteiger partial charge in [-0.2, -0.15) is 4.98 Å². The second-order valence-electron chi connectivity index (χ2n) is 12.4. The van der Waals surface area contributed by atoms with Gasteiger partial charge in [0.15, 0.2) is 11.2 Å². The molecule has 0 radical (unpaired) electrons. The minimum Gasteiger partial charge on any atom is -0.633 e. The largest absolute Gasteiger partial charge is 0.633 e. The van der Waals surface area contributed by atoms with Gasteiger partial charge >= 0.3 is 0 Å². The molecule has 12 heteroatoms. The molecule has 1 saturated heterocycles. The SMILES string of the molecule is CC(Nc1nc2c(ncn2[C@H]2C[C@H](O)[C@@H](CO)O2)c(=O)[nH]1)/C(=C(/c1ccccc1)c1ccc(OCC[N+](C)(C)[O-])cc1)c1ccccc1. The highest BCUT2D eigenvalue weighted by Crippen LogP contribution is 2.36. The number of aliphatic hydroxyl groups excluding tert-OH is 2. The van der Waals surface area contributed by atoms with Gasteiger partial charge in [0.25, 0.3) is 5.56 Å². The van der Waals surface area contributed by atoms with Gasteiger partial charge in [0.2, 0.25) is 5.95 Å². The fourth-order valence-corrected chi connectivity index (χ4v) is 5.94. The molecule has 4 N–H and O–H groups in total. The lowest BCUT2D eigenvalue weighted by Crippen LogP contribution is -2.36. The number of imidazole rings is 1. The van der Waals surface area contributed by atoms with Crippen molar-refractivity contribution in [1.29, 1.82) is 0 Å². The second kappa shape index (κ2) is 14.1. The molecule has 0 aliphatic carbocycles. The molecular formula is C36H40N6O6. The Kier molecular flexibility index (Phi) is 9.71. The van der Waals surface area contributed by atoms with Crippen LogP contribution in [0, 0.1) is 5.21 Å². The van der Waals surface area contributed by atoms with Gasteiger partial charge in [-0.05, 0) is 46.9 Å². The van der Waals surface area contributed by atoms with E-state index in [9.17, 15) is 20.2 Å². The molecule has 0 saturated carbocycles. The van der Waals surface area contributed by atoms with Crippen molar-refractivity contribution >= 4 is 28.3 Å². The topological polar surface area (TPSA) is 158 Å². The van der Waals surface area contributed by atoms with Crippen molar-refractivity contribution in [2.75, 3.05) is 39.2 Å². The molecule has 12 nitrogen and oxygen atoms in total. The van der Waals surface area contributed by atoms with E-state index in [1.165, 1.54) is 6.33 Å². The predicted molar refractivity (Wildman–Crippen MR) is 184 cm³/mol. The Balaban J connectivity index is 1.40. The monoisotopic (exact) mass is 652 g/mol. The number of H-pyrrole nitrogens is 1. The Morgan fingerprint density at radius 3 is 2.33 bits per heavy atom. The highest BCUT2D eigenvalue weighted by atomic mass is 16.6. The number of likely N-dealkylation sites (N-methyl/N-ethyl adjacent to an activating group) is 1. The third kappa shape index (κ3) is 7.33. The number of rotatable bonds is 12. The van der Waals surface area contributed by atoms with E-state index in [-0.39, 0.29) is 30.5 Å². The summed E-state index contributed by atoms with van der Waals surface area (Å²) in [6, 6.07) is 27.6. The summed E-state index contributed by atoms with van der Waals surface area (Å²) < 4.78 is 12.9. The summed E-state index contributed by atoms with van der Waals surface area (Å²) >= 11 is 0. The second-order valence-corrected chi connectivity index (χ2v) is 12.4. The number of quaternary nitrogens is 1. The molecule has 3 heterocycles. The van der Waals surface area contributed by atoms with Crippen LogP contribution in [0.2, 0.25) is 0 Å². The third-order valence-corrected chi connectivity index (χ3v) is 8.37. The molecule has 1 aliphatic heterocycles. The fraction of sp³-hybridized carbons (Fsp3) is 0.306. The Morgan fingerprint density at radius 1 is 1.06 bits per heavy atom. The molecule has 48 heavy (non-hydrogen) atoms. The number of aromatic amines is 1. The van der Waals surface area contributed by atoms with Crippen molar-refractivity contribution in [2.24, 2.45) is 0 Å². The number of aromatic nitrogens is 4. The highest BCUT2D eigenvalue weighted by molar-refractivity contribution is 6.00. The summed E-state index contributed by atoms with van der Waals surface area (Å²) in [6.45, 7) is 2.32. The first-order valence-electron chi connectivity index (χ1n) is 15.9. The van der Waals surface area contributed by atoms with E-state index in [1.54, 1.807) is 18.7 Å². The summed E-state index contributed by atoms with van der Waals surface area (Å²) in [4.78, 5) is 25.0. The van der Waals surface area contributed by atoms with E-state index in [0.717, 1.165) is 27.8 Å². The number of nitrogens with one attached hydrogen (secondary N) is 2. The molecular weight excluding hydrogens is 612 g/mol. The average molecular weight is 653 g/mol. The first-order valence-corrected chi connectivity index (χ1v) is 15.9. The van der Waals surface area contributed by atoms with Crippen molar-refractivity contribution in [1.82, 2.24) is 19.5 Å². The summed E-state index contributed by atoms with van der Waals surface area (Å²) in [7, 11) is 3.17. The summed E-state index contributed by atoms with van der Waals surface area (Å²) in [6.07, 6.45) is -0.521. The zero-order chi connectivity index (χ0) is 33.8. The van der Waals surface area contributed by atoms with Crippen LogP contribution in [-0.4, -0.2) is 86.5 Å². The van der Waals surface area contributed by atoms with Gasteiger partial charge in [0, 0.05) is 6.42 Å². The van der Waals surface area contributed by atoms with Gasteiger partial charge in [-0.25, -0.2) is 4.98 Å². The number of hydroxylamine groups is 3. The van der Waals surface area contributed by atoms with E-state index >= 15 is 0 Å². The van der Waals surface area contributed by atoms with E-state index in [4.69, 9.17) is 14.5 Å². The minimum absolute atomic E-state index is 0.141. The quantitative estimate of drug-likeness (QED) is 0.0882. The Labute approximate surface area is 278 Å². The Hall–Kier alpha value is -4.85. The summed E-state index contributed by atoms with van der Waals surface area (Å²) in [5.41, 5.74) is 4.88. The first kappa shape index (κ1) is 33.1. The van der Waals surface area contributed by atoms with Crippen molar-refractivity contribution in [3.63, 3.8) is 0 Å². The van der Waals surface area contributed by atoms with Gasteiger partial charge in [-0.1, -0.05) is 72.8 Å². The summed E-state index contributed by atoms with van der Waals surface area (Å²) in [5.74, 6) is 0.908. The van der Waals surface area contributed by atoms with E-state index in [1.807, 2.05) is 79.7 Å². The molecule has 1 fully saturated rings. The maximum atomic E-state index is 13.2. The lowest BCUT2D eigenvalue weighted by Gasteiger charge is -2.33. The lowest BCUT2D eigenvalue weighted by atomic mass is 9.86. The predicted octanol–water partition coefficient (Wildman–Crippen LogP) is 4.17. The van der Waals surface area contributed by atoms with Crippen molar-refractivity contribution in [3.8, 4) is 5.75 Å². The zero-order valence-corrected chi connectivity index (χ0v) is 27.1. The maximum Gasteiger partial charge on any atom is 0.280 e. The summed E-state index contributed by atoms with van der Waals surface area (Å²) in [5, 5.41) is 35.3. The number of aliphatic hydroxyl groups is 2. The van der Waals surface area contributed by atoms with Gasteiger partial charge in [0.1, 0.15) is 31.2 Å². The first-order chi connectivity index (χ1) is 23.1. The maximum absolute atomic E-state index is 13.2. The minimum atomic E-state index is -0.850. The number of fused-ring (bicyclic) bond motifs is 1. The van der Waals surface area contributed by atoms with Crippen LogP contribution < -0.4 is 15.6 Å². The molecule has 3 aromatic carbocycles. The van der Waals surface area contributed by atoms with Crippen LogP contribution in [0.25, 0.3) is 22.3 Å². The molecule has 0 amide bonds. The van der Waals surface area contributed by atoms with Crippen LogP contribution >= 0.6 is 0 Å². The number of anilines is 1. The number of hydrogen-bond donors (Lipinski definition) is 4. The van der Waals surface area contributed by atoms with Crippen LogP contribution in [0.1, 0.15) is 36.3 Å². The molecule has 1 unspecified atom stereocenters. The molecule has 2 aromatic heterocycles. The fourth-order valence-electron chi connectivity index (χ4n) is 5.94. The van der Waals surface area contributed by atoms with Crippen LogP contribution in [0.3, 0.4) is 0 Å². The molecule has 4 atom stereocenters. The molecule has 250 valence electrons. The lowest BCUT2D eigenvalue weighted by molar-refractivity contribution is -0.840. The third-order valence-electron chi connectivity index (χ3n) is 8.37. The Morgan fingerprint density at radius 2 is 1.71 bits per heavy atom. The van der Waals surface area contributed by atoms with Crippen LogP contribution in [0.5, 0.6) is 5.75 Å².